The molecule has 0 amide bonds. The fourth-order valence-corrected chi connectivity index (χ4v) is 5.10. The Kier molecular flexibility index (Phi) is 2.76. The van der Waals surface area contributed by atoms with Gasteiger partial charge in [0.2, 0.25) is 0 Å². The minimum absolute atomic E-state index is 0.374. The summed E-state index contributed by atoms with van der Waals surface area (Å²) in [7, 11) is 0. The highest BCUT2D eigenvalue weighted by Gasteiger charge is 2.48. The van der Waals surface area contributed by atoms with Gasteiger partial charge >= 0.3 is 5.97 Å². The van der Waals surface area contributed by atoms with E-state index < -0.39 is 5.97 Å². The zero-order valence-electron chi connectivity index (χ0n) is 11.6. The van der Waals surface area contributed by atoms with E-state index in [1.807, 2.05) is 12.1 Å². The summed E-state index contributed by atoms with van der Waals surface area (Å²) in [6.07, 6.45) is 6.98. The van der Waals surface area contributed by atoms with Gasteiger partial charge in [-0.05, 0) is 74.0 Å². The molecule has 20 heavy (non-hydrogen) atoms. The fraction of sp³-hybridized carbons (Fsp3) is 0.588. The second-order valence-corrected chi connectivity index (χ2v) is 6.99. The standard InChI is InChI=1S/C17H21NO2/c19-17(20)12-2-1-3-15(9-12)18-16-13-5-10-4-11(7-13)8-14(16)6-10/h1-3,9-11,13-14,16,18H,4-8H2,(H,19,20). The van der Waals surface area contributed by atoms with Crippen LogP contribution in [0.2, 0.25) is 0 Å². The molecule has 4 fully saturated rings. The monoisotopic (exact) mass is 271 g/mol. The number of carboxylic acid groups (broad SMARTS) is 1. The van der Waals surface area contributed by atoms with Crippen LogP contribution >= 0.6 is 0 Å². The Bertz CT molecular complexity index is 512. The summed E-state index contributed by atoms with van der Waals surface area (Å²) in [5.41, 5.74) is 1.35. The lowest BCUT2D eigenvalue weighted by molar-refractivity contribution is 0.00754. The molecular weight excluding hydrogens is 250 g/mol. The number of hydrogen-bond donors (Lipinski definition) is 2. The van der Waals surface area contributed by atoms with Crippen molar-refractivity contribution in [2.24, 2.45) is 23.7 Å². The predicted octanol–water partition coefficient (Wildman–Crippen LogP) is 3.62. The molecule has 0 unspecified atom stereocenters. The summed E-state index contributed by atoms with van der Waals surface area (Å²) in [6, 6.07) is 7.82. The zero-order valence-corrected chi connectivity index (χ0v) is 11.6. The Morgan fingerprint density at radius 2 is 1.70 bits per heavy atom. The van der Waals surface area contributed by atoms with Gasteiger partial charge in [-0.15, -0.1) is 0 Å². The van der Waals surface area contributed by atoms with Gasteiger partial charge in [0.1, 0.15) is 0 Å². The van der Waals surface area contributed by atoms with Gasteiger partial charge in [-0.25, -0.2) is 4.79 Å². The molecule has 2 N–H and O–H groups in total. The quantitative estimate of drug-likeness (QED) is 0.882. The second kappa shape index (κ2) is 4.51. The number of rotatable bonds is 3. The minimum Gasteiger partial charge on any atom is -0.478 e. The first kappa shape index (κ1) is 12.2. The van der Waals surface area contributed by atoms with E-state index in [9.17, 15) is 4.79 Å². The number of carboxylic acids is 1. The Morgan fingerprint density at radius 3 is 2.30 bits per heavy atom. The molecule has 4 saturated carbocycles. The molecule has 5 rings (SSSR count). The number of hydrogen-bond acceptors (Lipinski definition) is 2. The zero-order chi connectivity index (χ0) is 13.7. The Labute approximate surface area is 119 Å². The molecule has 0 spiro atoms. The van der Waals surface area contributed by atoms with Gasteiger partial charge in [0.15, 0.2) is 0 Å². The molecular formula is C17H21NO2. The minimum atomic E-state index is -0.848. The van der Waals surface area contributed by atoms with Crippen molar-refractivity contribution < 1.29 is 9.90 Å². The van der Waals surface area contributed by atoms with Gasteiger partial charge in [0, 0.05) is 11.7 Å². The van der Waals surface area contributed by atoms with Gasteiger partial charge in [0.25, 0.3) is 0 Å². The van der Waals surface area contributed by atoms with Gasteiger partial charge in [-0.2, -0.15) is 0 Å². The second-order valence-electron chi connectivity index (χ2n) is 6.99. The molecule has 106 valence electrons. The number of benzene rings is 1. The maximum atomic E-state index is 11.1. The first-order valence-electron chi connectivity index (χ1n) is 7.79. The van der Waals surface area contributed by atoms with Crippen LogP contribution in [0.15, 0.2) is 24.3 Å². The average Bonchev–Trinajstić information content (AvgIpc) is 2.42. The summed E-state index contributed by atoms with van der Waals surface area (Å²) in [6.45, 7) is 0. The fourth-order valence-electron chi connectivity index (χ4n) is 5.10. The van der Waals surface area contributed by atoms with Gasteiger partial charge < -0.3 is 10.4 Å². The number of anilines is 1. The molecule has 4 aliphatic carbocycles. The average molecular weight is 271 g/mol. The van der Waals surface area contributed by atoms with Crippen LogP contribution < -0.4 is 5.32 Å². The highest BCUT2D eigenvalue weighted by Crippen LogP contribution is 2.54. The van der Waals surface area contributed by atoms with Crippen LogP contribution in [0.25, 0.3) is 0 Å². The first-order chi connectivity index (χ1) is 9.69. The van der Waals surface area contributed by atoms with Crippen molar-refractivity contribution in [1.29, 1.82) is 0 Å². The highest BCUT2D eigenvalue weighted by molar-refractivity contribution is 5.88. The molecule has 0 saturated heterocycles. The van der Waals surface area contributed by atoms with E-state index in [-0.39, 0.29) is 0 Å². The van der Waals surface area contributed by atoms with Crippen molar-refractivity contribution >= 4 is 11.7 Å². The smallest absolute Gasteiger partial charge is 0.335 e. The Morgan fingerprint density at radius 1 is 1.05 bits per heavy atom. The van der Waals surface area contributed by atoms with Crippen molar-refractivity contribution in [2.45, 2.75) is 38.1 Å². The maximum absolute atomic E-state index is 11.1. The van der Waals surface area contributed by atoms with Crippen molar-refractivity contribution in [3.8, 4) is 0 Å². The van der Waals surface area contributed by atoms with Crippen LogP contribution in [-0.4, -0.2) is 17.1 Å². The van der Waals surface area contributed by atoms with E-state index in [0.717, 1.165) is 29.4 Å². The van der Waals surface area contributed by atoms with Gasteiger partial charge in [-0.1, -0.05) is 6.07 Å². The summed E-state index contributed by atoms with van der Waals surface area (Å²) < 4.78 is 0. The lowest BCUT2D eigenvalue weighted by Gasteiger charge is -2.54. The number of nitrogens with one attached hydrogen (secondary N) is 1. The highest BCUT2D eigenvalue weighted by atomic mass is 16.4. The molecule has 3 heteroatoms. The predicted molar refractivity (Wildman–Crippen MR) is 77.9 cm³/mol. The van der Waals surface area contributed by atoms with Crippen molar-refractivity contribution in [2.75, 3.05) is 5.32 Å². The number of carbonyl (C=O) groups is 1. The third kappa shape index (κ3) is 2.00. The molecule has 0 aromatic heterocycles. The van der Waals surface area contributed by atoms with E-state index in [1.165, 1.54) is 32.1 Å². The van der Waals surface area contributed by atoms with Gasteiger partial charge in [0.05, 0.1) is 5.56 Å². The molecule has 4 aliphatic rings. The molecule has 1 aromatic carbocycles. The Balaban J connectivity index is 1.54. The SMILES string of the molecule is O=C(O)c1cccc(NC2C3CC4CC(C3)CC2C4)c1. The lowest BCUT2D eigenvalue weighted by atomic mass is 9.54. The van der Waals surface area contributed by atoms with E-state index in [4.69, 9.17) is 5.11 Å². The summed E-state index contributed by atoms with van der Waals surface area (Å²) in [4.78, 5) is 11.1. The number of aromatic carboxylic acids is 1. The van der Waals surface area contributed by atoms with E-state index in [1.54, 1.807) is 12.1 Å². The molecule has 4 bridgehead atoms. The summed E-state index contributed by atoms with van der Waals surface area (Å²) in [5, 5.41) is 12.7. The molecule has 0 aliphatic heterocycles. The molecule has 3 nitrogen and oxygen atoms in total. The van der Waals surface area contributed by atoms with Crippen molar-refractivity contribution in [1.82, 2.24) is 0 Å². The third-order valence-electron chi connectivity index (χ3n) is 5.67. The molecule has 0 heterocycles. The maximum Gasteiger partial charge on any atom is 0.335 e. The van der Waals surface area contributed by atoms with Crippen LogP contribution in [0.4, 0.5) is 5.69 Å². The van der Waals surface area contributed by atoms with Crippen LogP contribution in [0.5, 0.6) is 0 Å². The van der Waals surface area contributed by atoms with Crippen LogP contribution in [0.1, 0.15) is 42.5 Å². The summed E-state index contributed by atoms with van der Waals surface area (Å²) in [5.74, 6) is 2.71. The van der Waals surface area contributed by atoms with E-state index >= 15 is 0 Å². The third-order valence-corrected chi connectivity index (χ3v) is 5.67. The molecule has 1 aromatic rings. The topological polar surface area (TPSA) is 49.3 Å². The summed E-state index contributed by atoms with van der Waals surface area (Å²) >= 11 is 0. The van der Waals surface area contributed by atoms with Crippen LogP contribution in [0, 0.1) is 23.7 Å². The van der Waals surface area contributed by atoms with Crippen molar-refractivity contribution in [3.63, 3.8) is 0 Å². The van der Waals surface area contributed by atoms with Crippen LogP contribution in [0.3, 0.4) is 0 Å². The van der Waals surface area contributed by atoms with E-state index in [2.05, 4.69) is 5.32 Å². The van der Waals surface area contributed by atoms with Crippen LogP contribution in [-0.2, 0) is 0 Å². The van der Waals surface area contributed by atoms with Crippen molar-refractivity contribution in [3.05, 3.63) is 29.8 Å². The lowest BCUT2D eigenvalue weighted by Crippen LogP contribution is -2.51. The van der Waals surface area contributed by atoms with Gasteiger partial charge in [-0.3, -0.25) is 0 Å². The van der Waals surface area contributed by atoms with E-state index in [0.29, 0.717) is 11.6 Å². The molecule has 0 atom stereocenters. The normalized spacial score (nSPS) is 37.9. The Hall–Kier alpha value is -1.51. The molecule has 0 radical (unpaired) electrons. The largest absolute Gasteiger partial charge is 0.478 e. The first-order valence-corrected chi connectivity index (χ1v) is 7.79.